The van der Waals surface area contributed by atoms with Crippen molar-refractivity contribution in [2.24, 2.45) is 11.8 Å². The molecule has 0 amide bonds. The van der Waals surface area contributed by atoms with E-state index in [9.17, 15) is 0 Å². The maximum absolute atomic E-state index is 3.99. The highest BCUT2D eigenvalue weighted by Crippen LogP contribution is 2.34. The summed E-state index contributed by atoms with van der Waals surface area (Å²) in [5.74, 6) is 1.82. The van der Waals surface area contributed by atoms with E-state index in [0.29, 0.717) is 0 Å². The van der Waals surface area contributed by atoms with Crippen LogP contribution in [0.4, 0.5) is 0 Å². The number of hydrogen-bond acceptors (Lipinski definition) is 2. The molecule has 4 atom stereocenters. The lowest BCUT2D eigenvalue weighted by Gasteiger charge is -2.48. The van der Waals surface area contributed by atoms with Crippen molar-refractivity contribution in [3.05, 3.63) is 0 Å². The summed E-state index contributed by atoms with van der Waals surface area (Å²) in [5.41, 5.74) is 0. The van der Waals surface area contributed by atoms with E-state index in [2.05, 4.69) is 24.1 Å². The quantitative estimate of drug-likeness (QED) is 0.840. The van der Waals surface area contributed by atoms with Gasteiger partial charge >= 0.3 is 0 Å². The molecule has 0 aromatic carbocycles. The second-order valence-corrected chi connectivity index (χ2v) is 7.62. The lowest BCUT2D eigenvalue weighted by molar-refractivity contribution is 0.0236. The van der Waals surface area contributed by atoms with E-state index in [0.717, 1.165) is 30.0 Å². The van der Waals surface area contributed by atoms with E-state index >= 15 is 0 Å². The average Bonchev–Trinajstić information content (AvgIpc) is 2.37. The fraction of sp³-hybridized carbons (Fsp3) is 1.00. The highest BCUT2D eigenvalue weighted by molar-refractivity contribution is 4.93. The first-order valence-electron chi connectivity index (χ1n) is 8.72. The van der Waals surface area contributed by atoms with Gasteiger partial charge in [0.1, 0.15) is 0 Å². The summed E-state index contributed by atoms with van der Waals surface area (Å²) in [4.78, 5) is 2.81. The van der Waals surface area contributed by atoms with Crippen LogP contribution in [0.15, 0.2) is 0 Å². The summed E-state index contributed by atoms with van der Waals surface area (Å²) < 4.78 is 0. The molecule has 2 nitrogen and oxygen atoms in total. The molecule has 0 radical (unpaired) electrons. The van der Waals surface area contributed by atoms with E-state index in [1.165, 1.54) is 64.5 Å². The first-order chi connectivity index (χ1) is 9.22. The molecule has 3 aliphatic rings. The van der Waals surface area contributed by atoms with Gasteiger partial charge in [-0.2, -0.15) is 0 Å². The van der Waals surface area contributed by atoms with Crippen LogP contribution < -0.4 is 5.32 Å². The molecule has 1 aliphatic heterocycles. The van der Waals surface area contributed by atoms with Gasteiger partial charge < -0.3 is 5.32 Å². The second kappa shape index (κ2) is 6.13. The summed E-state index contributed by atoms with van der Waals surface area (Å²) in [6, 6.07) is 2.49. The molecule has 1 saturated heterocycles. The van der Waals surface area contributed by atoms with Crippen molar-refractivity contribution in [1.29, 1.82) is 0 Å². The lowest BCUT2D eigenvalue weighted by Crippen LogP contribution is -2.57. The third-order valence-corrected chi connectivity index (χ3v) is 5.81. The minimum absolute atomic E-state index is 0.764. The molecule has 2 saturated carbocycles. The van der Waals surface area contributed by atoms with Gasteiger partial charge in [0.2, 0.25) is 0 Å². The van der Waals surface area contributed by atoms with Crippen LogP contribution in [0.2, 0.25) is 0 Å². The number of nitrogens with one attached hydrogen (secondary N) is 1. The highest BCUT2D eigenvalue weighted by Gasteiger charge is 2.36. The maximum atomic E-state index is 3.99. The molecule has 110 valence electrons. The first kappa shape index (κ1) is 13.9. The lowest BCUT2D eigenvalue weighted by atomic mass is 9.78. The zero-order valence-electron chi connectivity index (χ0n) is 12.9. The van der Waals surface area contributed by atoms with E-state index in [-0.39, 0.29) is 0 Å². The SMILES string of the molecule is CC1CC(NC2CCCCC2)CN(C2CCC2C)C1. The van der Waals surface area contributed by atoms with Crippen LogP contribution in [-0.2, 0) is 0 Å². The minimum Gasteiger partial charge on any atom is -0.310 e. The van der Waals surface area contributed by atoms with E-state index in [4.69, 9.17) is 0 Å². The molecule has 1 N–H and O–H groups in total. The summed E-state index contributed by atoms with van der Waals surface area (Å²) in [5, 5.41) is 3.99. The van der Waals surface area contributed by atoms with Crippen molar-refractivity contribution < 1.29 is 0 Å². The minimum atomic E-state index is 0.764. The Morgan fingerprint density at radius 1 is 0.842 bits per heavy atom. The third kappa shape index (κ3) is 3.33. The van der Waals surface area contributed by atoms with Crippen LogP contribution in [0.25, 0.3) is 0 Å². The van der Waals surface area contributed by atoms with Crippen LogP contribution in [0.1, 0.15) is 65.2 Å². The third-order valence-electron chi connectivity index (χ3n) is 5.81. The highest BCUT2D eigenvalue weighted by atomic mass is 15.2. The predicted octanol–water partition coefficient (Wildman–Crippen LogP) is 3.42. The molecule has 4 unspecified atom stereocenters. The Labute approximate surface area is 119 Å². The second-order valence-electron chi connectivity index (χ2n) is 7.62. The van der Waals surface area contributed by atoms with Gasteiger partial charge in [0.25, 0.3) is 0 Å². The van der Waals surface area contributed by atoms with Gasteiger partial charge in [0.05, 0.1) is 0 Å². The van der Waals surface area contributed by atoms with Crippen LogP contribution >= 0.6 is 0 Å². The summed E-state index contributed by atoms with van der Waals surface area (Å²) in [7, 11) is 0. The van der Waals surface area contributed by atoms with Gasteiger partial charge in [0, 0.05) is 31.2 Å². The molecule has 3 fully saturated rings. The van der Waals surface area contributed by atoms with Crippen LogP contribution in [-0.4, -0.2) is 36.1 Å². The number of likely N-dealkylation sites (tertiary alicyclic amines) is 1. The smallest absolute Gasteiger partial charge is 0.0200 e. The van der Waals surface area contributed by atoms with Crippen LogP contribution in [0.3, 0.4) is 0 Å². The number of hydrogen-bond donors (Lipinski definition) is 1. The van der Waals surface area contributed by atoms with E-state index in [1.807, 2.05) is 0 Å². The van der Waals surface area contributed by atoms with Gasteiger partial charge in [-0.1, -0.05) is 33.1 Å². The van der Waals surface area contributed by atoms with E-state index in [1.54, 1.807) is 0 Å². The predicted molar refractivity (Wildman–Crippen MR) is 81.3 cm³/mol. The standard InChI is InChI=1S/C17H32N2/c1-13-10-16(18-15-6-4-3-5-7-15)12-19(11-13)17-9-8-14(17)2/h13-18H,3-12H2,1-2H3. The summed E-state index contributed by atoms with van der Waals surface area (Å²) >= 11 is 0. The zero-order valence-corrected chi connectivity index (χ0v) is 12.9. The fourth-order valence-corrected chi connectivity index (χ4v) is 4.58. The number of piperidine rings is 1. The van der Waals surface area contributed by atoms with Crippen molar-refractivity contribution in [3.63, 3.8) is 0 Å². The summed E-state index contributed by atoms with van der Waals surface area (Å²) in [6.45, 7) is 7.55. The van der Waals surface area contributed by atoms with Gasteiger partial charge in [-0.25, -0.2) is 0 Å². The molecule has 3 rings (SSSR count). The summed E-state index contributed by atoms with van der Waals surface area (Å²) in [6.07, 6.45) is 11.5. The van der Waals surface area contributed by atoms with E-state index < -0.39 is 0 Å². The van der Waals surface area contributed by atoms with Gasteiger partial charge in [-0.3, -0.25) is 4.90 Å². The Hall–Kier alpha value is -0.0800. The van der Waals surface area contributed by atoms with Gasteiger partial charge in [-0.15, -0.1) is 0 Å². The number of nitrogens with zero attached hydrogens (tertiary/aromatic N) is 1. The van der Waals surface area contributed by atoms with Crippen molar-refractivity contribution in [1.82, 2.24) is 10.2 Å². The Balaban J connectivity index is 1.52. The maximum Gasteiger partial charge on any atom is 0.0200 e. The molecular weight excluding hydrogens is 232 g/mol. The zero-order chi connectivity index (χ0) is 13.2. The monoisotopic (exact) mass is 264 g/mol. The van der Waals surface area contributed by atoms with Crippen LogP contribution in [0.5, 0.6) is 0 Å². The molecule has 2 aliphatic carbocycles. The normalized spacial score (nSPS) is 42.0. The number of rotatable bonds is 3. The molecule has 0 aromatic rings. The van der Waals surface area contributed by atoms with Crippen molar-refractivity contribution >= 4 is 0 Å². The first-order valence-corrected chi connectivity index (χ1v) is 8.72. The molecule has 2 heteroatoms. The Morgan fingerprint density at radius 3 is 2.26 bits per heavy atom. The molecule has 19 heavy (non-hydrogen) atoms. The Bertz CT molecular complexity index is 285. The van der Waals surface area contributed by atoms with Crippen molar-refractivity contribution in [2.75, 3.05) is 13.1 Å². The molecule has 0 aromatic heterocycles. The van der Waals surface area contributed by atoms with Gasteiger partial charge in [-0.05, 0) is 43.9 Å². The Morgan fingerprint density at radius 2 is 1.63 bits per heavy atom. The van der Waals surface area contributed by atoms with Gasteiger partial charge in [0.15, 0.2) is 0 Å². The largest absolute Gasteiger partial charge is 0.310 e. The van der Waals surface area contributed by atoms with Crippen LogP contribution in [0, 0.1) is 11.8 Å². The molecule has 1 heterocycles. The average molecular weight is 264 g/mol. The van der Waals surface area contributed by atoms with Crippen molar-refractivity contribution in [3.8, 4) is 0 Å². The topological polar surface area (TPSA) is 15.3 Å². The molecular formula is C17H32N2. The fourth-order valence-electron chi connectivity index (χ4n) is 4.58. The van der Waals surface area contributed by atoms with Crippen molar-refractivity contribution in [2.45, 2.75) is 83.3 Å². The molecule has 0 spiro atoms. The Kier molecular flexibility index (Phi) is 4.48. The molecule has 0 bridgehead atoms.